The van der Waals surface area contributed by atoms with Gasteiger partial charge in [-0.15, -0.1) is 0 Å². The van der Waals surface area contributed by atoms with E-state index in [1.807, 2.05) is 46.8 Å². The first-order valence-electron chi connectivity index (χ1n) is 22.8. The first kappa shape index (κ1) is 49.6. The van der Waals surface area contributed by atoms with Crippen LogP contribution in [0.2, 0.25) is 0 Å². The standard InChI is InChI=1S/C22H29N3O4S.C17H21N3O2S.C10H8ClNO2S/c1-15-11-23-12-16-7-5-9-19(20(15)16)30(27,28)24-13-17-8-6-10-25(18(17)14-24)21(26)29-22(2,3)4;1-12-8-18-9-13-4-2-6-16(17(12)13)23(21,22)20-10-14-5-3-7-19-15(14)11-20;1-7-5-12-6-8-3-2-4-9(10(7)8)15(11,13)14/h5,7,9,11-12,17-18H,6,8,10,13-14H2,1-4H3;2,4,6,8-9,14-15,19H,3,5,7,10-11H2,1H3;2-6H,1H3/t17-,18+;14-,15+;/m11./s1. The number of hydrogen-bond donors (Lipinski definition) is 1. The van der Waals surface area contributed by atoms with Crippen LogP contribution in [0.25, 0.3) is 32.3 Å². The van der Waals surface area contributed by atoms with Crippen molar-refractivity contribution < 1.29 is 34.8 Å². The van der Waals surface area contributed by atoms with Gasteiger partial charge < -0.3 is 15.0 Å². The molecule has 15 nitrogen and oxygen atoms in total. The number of amides is 1. The highest BCUT2D eigenvalue weighted by molar-refractivity contribution is 8.14. The molecule has 4 saturated heterocycles. The van der Waals surface area contributed by atoms with Crippen molar-refractivity contribution in [3.8, 4) is 0 Å². The summed E-state index contributed by atoms with van der Waals surface area (Å²) in [4.78, 5) is 27.7. The first-order valence-corrected chi connectivity index (χ1v) is 28.0. The molecule has 0 saturated carbocycles. The van der Waals surface area contributed by atoms with Crippen molar-refractivity contribution in [1.29, 1.82) is 0 Å². The molecule has 0 bridgehead atoms. The second-order valence-electron chi connectivity index (χ2n) is 19.1. The quantitative estimate of drug-likeness (QED) is 0.164. The maximum Gasteiger partial charge on any atom is 0.410 e. The minimum atomic E-state index is -3.71. The predicted molar refractivity (Wildman–Crippen MR) is 264 cm³/mol. The number of likely N-dealkylation sites (tertiary alicyclic amines) is 1. The van der Waals surface area contributed by atoms with E-state index < -0.39 is 34.7 Å². The van der Waals surface area contributed by atoms with Gasteiger partial charge in [0, 0.05) is 119 Å². The lowest BCUT2D eigenvalue weighted by molar-refractivity contribution is 0.00642. The Morgan fingerprint density at radius 1 is 0.632 bits per heavy atom. The lowest BCUT2D eigenvalue weighted by atomic mass is 9.92. The fraction of sp³-hybridized carbons (Fsp3) is 0.429. The number of piperidine rings is 2. The SMILES string of the molecule is Cc1cncc2cccc(S(=O)(=O)Cl)c12.Cc1cncc2cccc(S(=O)(=O)N3C[C@H]4CCCN(C(=O)OC(C)(C)C)[C@H]4C3)c12.Cc1cncc2cccc(S(=O)(=O)N3C[C@H]4CCCN[C@H]4C3)c12. The summed E-state index contributed by atoms with van der Waals surface area (Å²) in [6.07, 6.45) is 13.7. The molecule has 3 aromatic heterocycles. The van der Waals surface area contributed by atoms with Crippen molar-refractivity contribution in [2.75, 3.05) is 39.3 Å². The molecule has 6 aromatic rings. The van der Waals surface area contributed by atoms with Crippen molar-refractivity contribution in [2.45, 2.75) is 99.6 Å². The number of aromatic nitrogens is 3. The lowest BCUT2D eigenvalue weighted by Gasteiger charge is -2.37. The number of rotatable bonds is 5. The summed E-state index contributed by atoms with van der Waals surface area (Å²) in [5, 5.41) is 8.08. The number of nitrogens with zero attached hydrogens (tertiary/aromatic N) is 6. The zero-order valence-electron chi connectivity index (χ0n) is 39.1. The van der Waals surface area contributed by atoms with E-state index in [1.54, 1.807) is 94.0 Å². The highest BCUT2D eigenvalue weighted by Gasteiger charge is 2.46. The maximum absolute atomic E-state index is 13.6. The number of nitrogens with one attached hydrogen (secondary N) is 1. The number of sulfonamides is 2. The van der Waals surface area contributed by atoms with Gasteiger partial charge in [-0.3, -0.25) is 15.0 Å². The molecule has 4 aliphatic rings. The molecule has 3 aromatic carbocycles. The lowest BCUT2D eigenvalue weighted by Crippen LogP contribution is -2.50. The van der Waals surface area contributed by atoms with Gasteiger partial charge in [0.2, 0.25) is 20.0 Å². The number of ether oxygens (including phenoxy) is 1. The molecule has 68 heavy (non-hydrogen) atoms. The minimum Gasteiger partial charge on any atom is -0.444 e. The van der Waals surface area contributed by atoms with E-state index in [1.165, 1.54) is 6.07 Å². The van der Waals surface area contributed by atoms with Crippen LogP contribution in [0.1, 0.15) is 63.1 Å². The van der Waals surface area contributed by atoms with Crippen LogP contribution in [0.4, 0.5) is 4.79 Å². The van der Waals surface area contributed by atoms with Crippen molar-refractivity contribution in [3.63, 3.8) is 0 Å². The van der Waals surface area contributed by atoms with Crippen LogP contribution < -0.4 is 5.32 Å². The molecule has 0 aliphatic carbocycles. The summed E-state index contributed by atoms with van der Waals surface area (Å²) in [6, 6.07) is 15.8. The average molecular weight is 1000 g/mol. The minimum absolute atomic E-state index is 0.124. The average Bonchev–Trinajstić information content (AvgIpc) is 3.95. The topological polar surface area (TPSA) is 189 Å². The summed E-state index contributed by atoms with van der Waals surface area (Å²) in [5.74, 6) is 0.565. The number of hydrogen-bond acceptors (Lipinski definition) is 12. The molecular formula is C49H58ClN7O8S3. The normalized spacial score (nSPS) is 21.4. The van der Waals surface area contributed by atoms with Crippen LogP contribution in [0.3, 0.4) is 0 Å². The Morgan fingerprint density at radius 2 is 1.09 bits per heavy atom. The Hall–Kier alpha value is -4.82. The second kappa shape index (κ2) is 19.5. The number of benzene rings is 3. The van der Waals surface area contributed by atoms with Gasteiger partial charge in [0.1, 0.15) is 5.60 Å². The fourth-order valence-electron chi connectivity index (χ4n) is 10.1. The van der Waals surface area contributed by atoms with Crippen LogP contribution in [0.15, 0.2) is 106 Å². The molecular weight excluding hydrogens is 946 g/mol. The number of halogens is 1. The Bertz CT molecular complexity index is 3200. The molecule has 1 N–H and O–H groups in total. The summed E-state index contributed by atoms with van der Waals surface area (Å²) in [5.41, 5.74) is 1.95. The van der Waals surface area contributed by atoms with Crippen molar-refractivity contribution in [1.82, 2.24) is 33.8 Å². The molecule has 362 valence electrons. The van der Waals surface area contributed by atoms with Gasteiger partial charge in [-0.1, -0.05) is 36.4 Å². The summed E-state index contributed by atoms with van der Waals surface area (Å²) in [6.45, 7) is 14.6. The van der Waals surface area contributed by atoms with E-state index in [0.717, 1.165) is 70.5 Å². The van der Waals surface area contributed by atoms with Crippen LogP contribution >= 0.6 is 10.7 Å². The Labute approximate surface area is 403 Å². The molecule has 1 amide bonds. The van der Waals surface area contributed by atoms with Crippen molar-refractivity contribution in [3.05, 3.63) is 108 Å². The van der Waals surface area contributed by atoms with Gasteiger partial charge in [-0.25, -0.2) is 30.0 Å². The van der Waals surface area contributed by atoms with Crippen molar-refractivity contribution >= 4 is 78.2 Å². The van der Waals surface area contributed by atoms with E-state index in [2.05, 4.69) is 20.3 Å². The van der Waals surface area contributed by atoms with E-state index in [-0.39, 0.29) is 22.9 Å². The van der Waals surface area contributed by atoms with Crippen LogP contribution in [-0.2, 0) is 33.8 Å². The summed E-state index contributed by atoms with van der Waals surface area (Å²) in [7, 11) is -5.53. The third-order valence-electron chi connectivity index (χ3n) is 13.2. The molecule has 4 fully saturated rings. The van der Waals surface area contributed by atoms with E-state index in [9.17, 15) is 30.0 Å². The van der Waals surface area contributed by atoms with Gasteiger partial charge in [-0.05, 0) is 120 Å². The number of carbonyl (C=O) groups is 1. The Kier molecular flexibility index (Phi) is 14.2. The number of fused-ring (bicyclic) bond motifs is 5. The highest BCUT2D eigenvalue weighted by atomic mass is 35.7. The monoisotopic (exact) mass is 1000 g/mol. The second-order valence-corrected chi connectivity index (χ2v) is 25.5. The molecule has 19 heteroatoms. The van der Waals surface area contributed by atoms with Crippen molar-refractivity contribution in [2.24, 2.45) is 11.8 Å². The van der Waals surface area contributed by atoms with Gasteiger partial charge >= 0.3 is 6.09 Å². The largest absolute Gasteiger partial charge is 0.444 e. The molecule has 4 aliphatic heterocycles. The predicted octanol–water partition coefficient (Wildman–Crippen LogP) is 7.95. The molecule has 7 heterocycles. The zero-order chi connectivity index (χ0) is 48.8. The fourth-order valence-corrected chi connectivity index (χ4v) is 14.9. The first-order chi connectivity index (χ1) is 32.1. The Balaban J connectivity index is 0.000000146. The summed E-state index contributed by atoms with van der Waals surface area (Å²) < 4.78 is 85.2. The third-order valence-corrected chi connectivity index (χ3v) is 18.4. The van der Waals surface area contributed by atoms with Crippen LogP contribution in [0, 0.1) is 32.6 Å². The van der Waals surface area contributed by atoms with Gasteiger partial charge in [0.05, 0.1) is 20.7 Å². The van der Waals surface area contributed by atoms with E-state index >= 15 is 0 Å². The number of aryl methyl sites for hydroxylation is 3. The molecule has 0 spiro atoms. The zero-order valence-corrected chi connectivity index (χ0v) is 42.3. The summed E-state index contributed by atoms with van der Waals surface area (Å²) >= 11 is 0. The molecule has 4 atom stereocenters. The smallest absolute Gasteiger partial charge is 0.410 e. The van der Waals surface area contributed by atoms with E-state index in [4.69, 9.17) is 15.4 Å². The highest BCUT2D eigenvalue weighted by Crippen LogP contribution is 2.37. The van der Waals surface area contributed by atoms with Crippen LogP contribution in [-0.4, -0.2) is 117 Å². The van der Waals surface area contributed by atoms with Gasteiger partial charge in [0.25, 0.3) is 9.05 Å². The molecule has 0 radical (unpaired) electrons. The maximum atomic E-state index is 13.6. The number of pyridine rings is 3. The van der Waals surface area contributed by atoms with Gasteiger partial charge in [-0.2, -0.15) is 8.61 Å². The molecule has 10 rings (SSSR count). The van der Waals surface area contributed by atoms with Crippen LogP contribution in [0.5, 0.6) is 0 Å². The van der Waals surface area contributed by atoms with E-state index in [0.29, 0.717) is 65.2 Å². The third kappa shape index (κ3) is 10.2. The Morgan fingerprint density at radius 3 is 1.57 bits per heavy atom. The molecule has 0 unspecified atom stereocenters. The number of carbonyl (C=O) groups excluding carboxylic acids is 1. The van der Waals surface area contributed by atoms with Gasteiger partial charge in [0.15, 0.2) is 0 Å².